The first-order valence-corrected chi connectivity index (χ1v) is 10.8. The number of anilines is 1. The fourth-order valence-electron chi connectivity index (χ4n) is 4.06. The van der Waals surface area contributed by atoms with Gasteiger partial charge in [-0.1, -0.05) is 24.3 Å². The van der Waals surface area contributed by atoms with E-state index in [1.807, 2.05) is 20.8 Å². The van der Waals surface area contributed by atoms with E-state index in [1.165, 1.54) is 19.1 Å². The molecule has 0 fully saturated rings. The summed E-state index contributed by atoms with van der Waals surface area (Å²) >= 11 is 0. The Morgan fingerprint density at radius 3 is 2.45 bits per heavy atom. The number of aryl methyl sites for hydroxylation is 3. The minimum atomic E-state index is -0.290. The smallest absolute Gasteiger partial charge is 0.224 e. The number of hydrogen-bond acceptors (Lipinski definition) is 4. The van der Waals surface area contributed by atoms with E-state index in [2.05, 4.69) is 10.4 Å². The third-order valence-corrected chi connectivity index (χ3v) is 5.79. The number of benzene rings is 2. The number of ketones is 1. The Morgan fingerprint density at radius 1 is 1.03 bits per heavy atom. The third-order valence-electron chi connectivity index (χ3n) is 5.79. The maximum absolute atomic E-state index is 13.4. The van der Waals surface area contributed by atoms with Gasteiger partial charge in [0.2, 0.25) is 5.91 Å². The van der Waals surface area contributed by atoms with Crippen LogP contribution in [0.2, 0.25) is 0 Å². The number of nitrogens with one attached hydrogen (secondary N) is 1. The molecule has 6 nitrogen and oxygen atoms in total. The van der Waals surface area contributed by atoms with Crippen molar-refractivity contribution in [3.05, 3.63) is 82.6 Å². The van der Waals surface area contributed by atoms with E-state index < -0.39 is 0 Å². The molecule has 0 aliphatic carbocycles. The van der Waals surface area contributed by atoms with E-state index >= 15 is 0 Å². The van der Waals surface area contributed by atoms with Gasteiger partial charge in [-0.05, 0) is 69.5 Å². The topological polar surface area (TPSA) is 76.4 Å². The molecule has 0 saturated heterocycles. The molecular weight excluding hydrogens is 419 g/mol. The molecule has 0 aliphatic rings. The van der Waals surface area contributed by atoms with Crippen molar-refractivity contribution in [1.29, 1.82) is 0 Å². The molecule has 2 aromatic carbocycles. The van der Waals surface area contributed by atoms with Crippen LogP contribution >= 0.6 is 0 Å². The van der Waals surface area contributed by atoms with Gasteiger partial charge in [-0.2, -0.15) is 5.10 Å². The Morgan fingerprint density at radius 2 is 1.76 bits per heavy atom. The summed E-state index contributed by atoms with van der Waals surface area (Å²) in [5, 5.41) is 7.52. The highest BCUT2D eigenvalue weighted by molar-refractivity contribution is 5.97. The van der Waals surface area contributed by atoms with Gasteiger partial charge in [-0.25, -0.2) is 13.9 Å². The van der Waals surface area contributed by atoms with Crippen LogP contribution < -0.4 is 5.32 Å². The Kier molecular flexibility index (Phi) is 6.05. The van der Waals surface area contributed by atoms with Crippen molar-refractivity contribution in [1.82, 2.24) is 14.6 Å². The second kappa shape index (κ2) is 8.94. The SMILES string of the molecule is CC(=O)c1cccc(NC(=O)CCc2c(C)nc3c(-c4ccc(F)cc4)c(C)nn3c2C)c1. The largest absolute Gasteiger partial charge is 0.326 e. The molecular formula is C26H25FN4O2. The lowest BCUT2D eigenvalue weighted by molar-refractivity contribution is -0.116. The number of hydrogen-bond donors (Lipinski definition) is 1. The van der Waals surface area contributed by atoms with E-state index in [0.29, 0.717) is 23.3 Å². The van der Waals surface area contributed by atoms with Gasteiger partial charge < -0.3 is 5.32 Å². The lowest BCUT2D eigenvalue weighted by Crippen LogP contribution is -2.14. The van der Waals surface area contributed by atoms with Gasteiger partial charge in [0, 0.05) is 34.6 Å². The normalized spacial score (nSPS) is 11.1. The number of rotatable bonds is 6. The molecule has 0 bridgehead atoms. The minimum Gasteiger partial charge on any atom is -0.326 e. The fraction of sp³-hybridized carbons (Fsp3) is 0.231. The van der Waals surface area contributed by atoms with Crippen molar-refractivity contribution < 1.29 is 14.0 Å². The van der Waals surface area contributed by atoms with Crippen molar-refractivity contribution >= 4 is 23.0 Å². The number of halogens is 1. The highest BCUT2D eigenvalue weighted by Crippen LogP contribution is 2.29. The summed E-state index contributed by atoms with van der Waals surface area (Å²) in [5.41, 5.74) is 7.10. The van der Waals surface area contributed by atoms with Crippen molar-refractivity contribution in [3.8, 4) is 11.1 Å². The van der Waals surface area contributed by atoms with E-state index in [-0.39, 0.29) is 23.9 Å². The number of fused-ring (bicyclic) bond motifs is 1. The molecule has 0 unspecified atom stereocenters. The van der Waals surface area contributed by atoms with E-state index in [9.17, 15) is 14.0 Å². The number of Topliss-reactive ketones (excluding diaryl/α,β-unsaturated/α-hetero) is 1. The molecule has 4 rings (SSSR count). The van der Waals surface area contributed by atoms with Gasteiger partial charge in [-0.15, -0.1) is 0 Å². The quantitative estimate of drug-likeness (QED) is 0.413. The maximum Gasteiger partial charge on any atom is 0.224 e. The molecule has 0 atom stereocenters. The highest BCUT2D eigenvalue weighted by Gasteiger charge is 2.18. The maximum atomic E-state index is 13.4. The van der Waals surface area contributed by atoms with Gasteiger partial charge in [0.15, 0.2) is 11.4 Å². The first-order valence-electron chi connectivity index (χ1n) is 10.8. The summed E-state index contributed by atoms with van der Waals surface area (Å²) in [6, 6.07) is 13.2. The van der Waals surface area contributed by atoms with Crippen LogP contribution in [0.5, 0.6) is 0 Å². The summed E-state index contributed by atoms with van der Waals surface area (Å²) in [6.45, 7) is 7.29. The summed E-state index contributed by atoms with van der Waals surface area (Å²) < 4.78 is 15.2. The van der Waals surface area contributed by atoms with Crippen LogP contribution in [0, 0.1) is 26.6 Å². The van der Waals surface area contributed by atoms with Crippen LogP contribution in [0.25, 0.3) is 16.8 Å². The van der Waals surface area contributed by atoms with E-state index in [1.54, 1.807) is 40.9 Å². The molecule has 0 saturated carbocycles. The second-order valence-electron chi connectivity index (χ2n) is 8.15. The van der Waals surface area contributed by atoms with Gasteiger partial charge in [-0.3, -0.25) is 9.59 Å². The number of carbonyl (C=O) groups excluding carboxylic acids is 2. The molecule has 2 heterocycles. The van der Waals surface area contributed by atoms with Gasteiger partial charge in [0.05, 0.1) is 5.69 Å². The second-order valence-corrected chi connectivity index (χ2v) is 8.15. The highest BCUT2D eigenvalue weighted by atomic mass is 19.1. The van der Waals surface area contributed by atoms with Crippen molar-refractivity contribution in [2.45, 2.75) is 40.5 Å². The monoisotopic (exact) mass is 444 g/mol. The van der Waals surface area contributed by atoms with Gasteiger partial charge in [0.25, 0.3) is 0 Å². The van der Waals surface area contributed by atoms with Crippen molar-refractivity contribution in [2.24, 2.45) is 0 Å². The minimum absolute atomic E-state index is 0.0498. The lowest BCUT2D eigenvalue weighted by Gasteiger charge is -2.12. The number of amides is 1. The predicted molar refractivity (Wildman–Crippen MR) is 126 cm³/mol. The average Bonchev–Trinajstić information content (AvgIpc) is 3.10. The molecule has 1 amide bonds. The Balaban J connectivity index is 1.57. The Hall–Kier alpha value is -3.87. The van der Waals surface area contributed by atoms with Crippen LogP contribution in [0.1, 0.15) is 46.3 Å². The first kappa shape index (κ1) is 22.3. The van der Waals surface area contributed by atoms with Crippen LogP contribution in [-0.2, 0) is 11.2 Å². The fourth-order valence-corrected chi connectivity index (χ4v) is 4.06. The summed E-state index contributed by atoms with van der Waals surface area (Å²) in [4.78, 5) is 28.9. The predicted octanol–water partition coefficient (Wildman–Crippen LogP) is 5.23. The Labute approximate surface area is 191 Å². The van der Waals surface area contributed by atoms with Crippen molar-refractivity contribution in [3.63, 3.8) is 0 Å². The number of aromatic nitrogens is 3. The molecule has 2 aromatic heterocycles. The molecule has 0 spiro atoms. The van der Waals surface area contributed by atoms with Crippen LogP contribution in [0.4, 0.5) is 10.1 Å². The zero-order valence-corrected chi connectivity index (χ0v) is 19.1. The van der Waals surface area contributed by atoms with Crippen LogP contribution in [-0.4, -0.2) is 26.3 Å². The molecule has 0 radical (unpaired) electrons. The van der Waals surface area contributed by atoms with Crippen LogP contribution in [0.15, 0.2) is 48.5 Å². The molecule has 7 heteroatoms. The third kappa shape index (κ3) is 4.53. The summed E-state index contributed by atoms with van der Waals surface area (Å²) in [5.74, 6) is -0.480. The summed E-state index contributed by atoms with van der Waals surface area (Å²) in [7, 11) is 0. The van der Waals surface area contributed by atoms with Gasteiger partial charge >= 0.3 is 0 Å². The molecule has 168 valence electrons. The Bertz CT molecular complexity index is 1370. The molecule has 0 aliphatic heterocycles. The summed E-state index contributed by atoms with van der Waals surface area (Å²) in [6.07, 6.45) is 0.772. The number of nitrogens with zero attached hydrogens (tertiary/aromatic N) is 3. The zero-order chi connectivity index (χ0) is 23.7. The van der Waals surface area contributed by atoms with Crippen molar-refractivity contribution in [2.75, 3.05) is 5.32 Å². The first-order chi connectivity index (χ1) is 15.7. The van der Waals surface area contributed by atoms with E-state index in [4.69, 9.17) is 4.98 Å². The molecule has 33 heavy (non-hydrogen) atoms. The van der Waals surface area contributed by atoms with Gasteiger partial charge in [0.1, 0.15) is 5.82 Å². The average molecular weight is 445 g/mol. The molecule has 4 aromatic rings. The number of carbonyl (C=O) groups is 2. The lowest BCUT2D eigenvalue weighted by atomic mass is 10.0. The van der Waals surface area contributed by atoms with Crippen LogP contribution in [0.3, 0.4) is 0 Å². The zero-order valence-electron chi connectivity index (χ0n) is 19.1. The molecule has 1 N–H and O–H groups in total. The van der Waals surface area contributed by atoms with E-state index in [0.717, 1.165) is 33.8 Å². The standard InChI is InChI=1S/C26H25FN4O2/c1-15-23(12-13-24(33)29-22-7-5-6-20(14-22)18(4)32)17(3)31-26(28-15)25(16(2)30-31)19-8-10-21(27)11-9-19/h5-11,14H,12-13H2,1-4H3,(H,29,33).